The van der Waals surface area contributed by atoms with Crippen LogP contribution in [-0.4, -0.2) is 58.5 Å². The second-order valence-electron chi connectivity index (χ2n) is 6.98. The number of alkyl halides is 3. The SMILES string of the molecule is CN(CCCOc1cccc(S(C)(=O)=O)c1)C(=O)c1ccc(COCC(F)(F)F)cc1. The molecule has 0 spiro atoms. The minimum absolute atomic E-state index is 0.171. The maximum Gasteiger partial charge on any atom is 0.411 e. The van der Waals surface area contributed by atoms with Crippen LogP contribution in [0.5, 0.6) is 5.75 Å². The maximum atomic E-state index is 12.5. The summed E-state index contributed by atoms with van der Waals surface area (Å²) in [6.07, 6.45) is -2.73. The van der Waals surface area contributed by atoms with Gasteiger partial charge in [-0.1, -0.05) is 18.2 Å². The summed E-state index contributed by atoms with van der Waals surface area (Å²) in [5.41, 5.74) is 0.942. The lowest BCUT2D eigenvalue weighted by Gasteiger charge is -2.17. The molecule has 0 radical (unpaired) electrons. The number of benzene rings is 2. The predicted octanol–water partition coefficient (Wildman–Crippen LogP) is 3.71. The number of amides is 1. The Morgan fingerprint density at radius 1 is 1.10 bits per heavy atom. The second kappa shape index (κ2) is 10.6. The fourth-order valence-corrected chi connectivity index (χ4v) is 3.29. The molecule has 0 unspecified atom stereocenters. The van der Waals surface area contributed by atoms with Gasteiger partial charge in [0.1, 0.15) is 12.4 Å². The number of hydrogen-bond donors (Lipinski definition) is 0. The van der Waals surface area contributed by atoms with E-state index in [0.29, 0.717) is 36.4 Å². The van der Waals surface area contributed by atoms with Gasteiger partial charge >= 0.3 is 6.18 Å². The van der Waals surface area contributed by atoms with Crippen LogP contribution in [0.2, 0.25) is 0 Å². The highest BCUT2D eigenvalue weighted by atomic mass is 32.2. The zero-order chi connectivity index (χ0) is 23.1. The lowest BCUT2D eigenvalue weighted by Crippen LogP contribution is -2.28. The molecule has 1 amide bonds. The van der Waals surface area contributed by atoms with Crippen LogP contribution in [-0.2, 0) is 21.2 Å². The number of nitrogens with zero attached hydrogens (tertiary/aromatic N) is 1. The summed E-state index contributed by atoms with van der Waals surface area (Å²) in [5.74, 6) is 0.196. The molecule has 0 aliphatic rings. The van der Waals surface area contributed by atoms with Gasteiger partial charge < -0.3 is 14.4 Å². The van der Waals surface area contributed by atoms with Crippen LogP contribution in [0.4, 0.5) is 13.2 Å². The zero-order valence-corrected chi connectivity index (χ0v) is 18.0. The Kier molecular flexibility index (Phi) is 8.46. The van der Waals surface area contributed by atoms with Gasteiger partial charge in [0.15, 0.2) is 9.84 Å². The number of carbonyl (C=O) groups is 1. The first-order valence-electron chi connectivity index (χ1n) is 9.37. The highest BCUT2D eigenvalue weighted by Crippen LogP contribution is 2.18. The van der Waals surface area contributed by atoms with Crippen molar-refractivity contribution in [2.45, 2.75) is 24.1 Å². The summed E-state index contributed by atoms with van der Waals surface area (Å²) in [6, 6.07) is 12.4. The number of carbonyl (C=O) groups excluding carboxylic acids is 1. The first-order chi connectivity index (χ1) is 14.5. The number of hydrogen-bond acceptors (Lipinski definition) is 5. The summed E-state index contributed by atoms with van der Waals surface area (Å²) < 4.78 is 69.6. The van der Waals surface area contributed by atoms with Crippen LogP contribution in [0.25, 0.3) is 0 Å². The van der Waals surface area contributed by atoms with Gasteiger partial charge in [-0.15, -0.1) is 0 Å². The van der Waals surface area contributed by atoms with Crippen molar-refractivity contribution in [1.82, 2.24) is 4.90 Å². The fourth-order valence-electron chi connectivity index (χ4n) is 2.64. The molecule has 170 valence electrons. The number of ether oxygens (including phenoxy) is 2. The van der Waals surface area contributed by atoms with E-state index >= 15 is 0 Å². The van der Waals surface area contributed by atoms with E-state index in [1.807, 2.05) is 0 Å². The molecule has 0 atom stereocenters. The van der Waals surface area contributed by atoms with Gasteiger partial charge in [-0.3, -0.25) is 4.79 Å². The van der Waals surface area contributed by atoms with E-state index < -0.39 is 22.6 Å². The molecule has 2 rings (SSSR count). The van der Waals surface area contributed by atoms with Crippen molar-refractivity contribution in [1.29, 1.82) is 0 Å². The molecule has 0 N–H and O–H groups in total. The number of rotatable bonds is 10. The third-order valence-electron chi connectivity index (χ3n) is 4.22. The van der Waals surface area contributed by atoms with Crippen molar-refractivity contribution in [3.05, 3.63) is 59.7 Å². The van der Waals surface area contributed by atoms with Crippen molar-refractivity contribution in [3.63, 3.8) is 0 Å². The Labute approximate surface area is 179 Å². The third kappa shape index (κ3) is 8.58. The molecule has 0 bridgehead atoms. The van der Waals surface area contributed by atoms with E-state index in [0.717, 1.165) is 6.26 Å². The van der Waals surface area contributed by atoms with Gasteiger partial charge in [0.05, 0.1) is 18.1 Å². The fraction of sp³-hybridized carbons (Fsp3) is 0.381. The average Bonchev–Trinajstić information content (AvgIpc) is 2.70. The number of halogens is 3. The monoisotopic (exact) mass is 459 g/mol. The molecular formula is C21H24F3NO5S. The standard InChI is InChI=1S/C21H24F3NO5S/c1-25(11-4-12-30-18-5-3-6-19(13-18)31(2,27)28)20(26)17-9-7-16(8-10-17)14-29-15-21(22,23)24/h3,5-10,13H,4,11-12,14-15H2,1-2H3. The maximum absolute atomic E-state index is 12.5. The molecule has 0 fully saturated rings. The van der Waals surface area contributed by atoms with Crippen LogP contribution in [0.1, 0.15) is 22.3 Å². The van der Waals surface area contributed by atoms with Crippen LogP contribution in [0, 0.1) is 0 Å². The lowest BCUT2D eigenvalue weighted by atomic mass is 10.1. The van der Waals surface area contributed by atoms with Gasteiger partial charge in [-0.05, 0) is 42.3 Å². The van der Waals surface area contributed by atoms with Crippen molar-refractivity contribution >= 4 is 15.7 Å². The quantitative estimate of drug-likeness (QED) is 0.507. The zero-order valence-electron chi connectivity index (χ0n) is 17.2. The van der Waals surface area contributed by atoms with Crippen molar-refractivity contribution in [2.24, 2.45) is 0 Å². The summed E-state index contributed by atoms with van der Waals surface area (Å²) in [5, 5.41) is 0. The normalized spacial score (nSPS) is 11.9. The smallest absolute Gasteiger partial charge is 0.411 e. The van der Waals surface area contributed by atoms with Crippen molar-refractivity contribution in [3.8, 4) is 5.75 Å². The third-order valence-corrected chi connectivity index (χ3v) is 5.33. The van der Waals surface area contributed by atoms with E-state index in [2.05, 4.69) is 4.74 Å². The topological polar surface area (TPSA) is 72.9 Å². The summed E-state index contributed by atoms with van der Waals surface area (Å²) in [6.45, 7) is -0.819. The molecule has 0 aliphatic heterocycles. The number of sulfone groups is 1. The van der Waals surface area contributed by atoms with E-state index in [9.17, 15) is 26.4 Å². The summed E-state index contributed by atoms with van der Waals surface area (Å²) in [7, 11) is -1.69. The van der Waals surface area contributed by atoms with Gasteiger partial charge in [0.2, 0.25) is 0 Å². The first kappa shape index (κ1) is 24.7. The average molecular weight is 459 g/mol. The van der Waals surface area contributed by atoms with Crippen LogP contribution < -0.4 is 4.74 Å². The summed E-state index contributed by atoms with van der Waals surface area (Å²) >= 11 is 0. The summed E-state index contributed by atoms with van der Waals surface area (Å²) in [4.78, 5) is 14.1. The first-order valence-corrected chi connectivity index (χ1v) is 11.3. The highest BCUT2D eigenvalue weighted by molar-refractivity contribution is 7.90. The molecule has 0 saturated carbocycles. The Morgan fingerprint density at radius 3 is 2.39 bits per heavy atom. The Balaban J connectivity index is 1.78. The minimum Gasteiger partial charge on any atom is -0.493 e. The Morgan fingerprint density at radius 2 is 1.77 bits per heavy atom. The second-order valence-corrected chi connectivity index (χ2v) is 9.00. The highest BCUT2D eigenvalue weighted by Gasteiger charge is 2.27. The van der Waals surface area contributed by atoms with Crippen LogP contribution >= 0.6 is 0 Å². The van der Waals surface area contributed by atoms with E-state index in [-0.39, 0.29) is 17.4 Å². The molecule has 31 heavy (non-hydrogen) atoms. The predicted molar refractivity (Wildman–Crippen MR) is 109 cm³/mol. The molecule has 0 heterocycles. The minimum atomic E-state index is -4.38. The van der Waals surface area contributed by atoms with E-state index in [1.165, 1.54) is 29.2 Å². The molecule has 0 saturated heterocycles. The van der Waals surface area contributed by atoms with Gasteiger partial charge in [-0.25, -0.2) is 8.42 Å². The Bertz CT molecular complexity index is 975. The molecule has 2 aromatic rings. The largest absolute Gasteiger partial charge is 0.493 e. The van der Waals surface area contributed by atoms with Crippen molar-refractivity contribution < 1.29 is 35.9 Å². The van der Waals surface area contributed by atoms with Gasteiger partial charge in [0.25, 0.3) is 5.91 Å². The Hall–Kier alpha value is -2.59. The molecule has 6 nitrogen and oxygen atoms in total. The van der Waals surface area contributed by atoms with E-state index in [4.69, 9.17) is 4.74 Å². The molecule has 0 aromatic heterocycles. The van der Waals surface area contributed by atoms with Gasteiger partial charge in [-0.2, -0.15) is 13.2 Å². The molecule has 2 aromatic carbocycles. The van der Waals surface area contributed by atoms with Crippen LogP contribution in [0.15, 0.2) is 53.4 Å². The molecule has 10 heteroatoms. The molecule has 0 aliphatic carbocycles. The van der Waals surface area contributed by atoms with Gasteiger partial charge in [0, 0.05) is 25.4 Å². The van der Waals surface area contributed by atoms with E-state index in [1.54, 1.807) is 31.3 Å². The molecular weight excluding hydrogens is 435 g/mol. The van der Waals surface area contributed by atoms with Crippen LogP contribution in [0.3, 0.4) is 0 Å². The van der Waals surface area contributed by atoms with Crippen molar-refractivity contribution in [2.75, 3.05) is 33.1 Å². The lowest BCUT2D eigenvalue weighted by molar-refractivity contribution is -0.176.